The minimum atomic E-state index is -3.78. The van der Waals surface area contributed by atoms with Crippen LogP contribution in [0.2, 0.25) is 0 Å². The number of azide groups is 3. The molecule has 2 heterocycles. The van der Waals surface area contributed by atoms with E-state index in [1.807, 2.05) is 6.92 Å². The molecule has 668 valence electrons. The van der Waals surface area contributed by atoms with Gasteiger partial charge in [0.05, 0.1) is 149 Å². The van der Waals surface area contributed by atoms with E-state index in [4.69, 9.17) is 114 Å². The van der Waals surface area contributed by atoms with Gasteiger partial charge >= 0.3 is 89.0 Å². The van der Waals surface area contributed by atoms with Crippen molar-refractivity contribution in [3.63, 3.8) is 0 Å². The van der Waals surface area contributed by atoms with E-state index in [0.29, 0.717) is 76.4 Å². The monoisotopic (exact) mass is 1800 g/mol. The topological polar surface area (TPSA) is 695 Å². The number of aliphatic carboxylic acids is 1. The first-order chi connectivity index (χ1) is 54.1. The van der Waals surface area contributed by atoms with Crippen LogP contribution in [-0.4, -0.2) is 322 Å². The van der Waals surface area contributed by atoms with E-state index in [1.165, 1.54) is 24.0 Å². The van der Waals surface area contributed by atoms with Gasteiger partial charge < -0.3 is 108 Å². The number of halogens is 1. The molecule has 2 atom stereocenters. The normalized spacial score (nSPS) is 12.8. The minimum Gasteiger partial charge on any atom is -0.870 e. The van der Waals surface area contributed by atoms with E-state index in [-0.39, 0.29) is 224 Å². The molecule has 2 aliphatic heterocycles. The average molecular weight is 1810 g/mol. The minimum absolute atomic E-state index is 0. The predicted molar refractivity (Wildman–Crippen MR) is 407 cm³/mol. The second-order valence-corrected chi connectivity index (χ2v) is 27.1. The van der Waals surface area contributed by atoms with E-state index >= 15 is 0 Å². The molecule has 6 N–H and O–H groups in total. The second kappa shape index (κ2) is 85.5. The number of imide groups is 2. The molecule has 0 saturated carbocycles. The van der Waals surface area contributed by atoms with Gasteiger partial charge in [-0.25, -0.2) is 24.0 Å². The van der Waals surface area contributed by atoms with Crippen molar-refractivity contribution in [1.82, 2.24) is 10.1 Å². The molecule has 48 nitrogen and oxygen atoms in total. The Bertz CT molecular complexity index is 3150. The molecule has 0 bridgehead atoms. The number of ketones is 1. The van der Waals surface area contributed by atoms with Gasteiger partial charge in [-0.15, -0.1) is 5.06 Å². The summed E-state index contributed by atoms with van der Waals surface area (Å²) < 4.78 is 98.5. The SMILES string of the molecule is CC(=O)CBr.CC(C)(C)OC(=O)COCCOCCN=[N+]=[N-].CC(C)(C)OC(=O)COCCOCCO.CC1CC(=O)N(O)C1=O.CC1CC(=O)N(OC(=O)COCCOCCN=[N+]=[N-])C1=O.Cc1ccc(S(=O)(=O)OCCOCCOCC(=O)OC(C)(C)C)cc1.OCCOCCO.[N-]=[N+]=NCCOCCOCC(=O)O.[N-]=[N+]=[N-].[Na+].[Na+].[OH-]. The largest absolute Gasteiger partial charge is 1.00 e. The molecule has 52 heteroatoms. The number of hydrogen-bond donors (Lipinski definition) is 5. The Morgan fingerprint density at radius 1 is 0.483 bits per heavy atom. The number of amides is 4. The van der Waals surface area contributed by atoms with Gasteiger partial charge in [0, 0.05) is 59.0 Å². The number of rotatable bonds is 47. The second-order valence-electron chi connectivity index (χ2n) is 24.9. The number of hydrogen-bond acceptors (Lipinski definition) is 36. The first kappa shape index (κ1) is 130. The van der Waals surface area contributed by atoms with E-state index < -0.39 is 87.0 Å². The van der Waals surface area contributed by atoms with Crippen LogP contribution in [0.25, 0.3) is 47.3 Å². The predicted octanol–water partition coefficient (Wildman–Crippen LogP) is -0.876. The number of aliphatic hydroxyl groups is 3. The molecule has 0 radical (unpaired) electrons. The molecular formula is C66H115BrN14Na2O34S. The first-order valence-electron chi connectivity index (χ1n) is 34.8. The Balaban J connectivity index is -0.000000169. The number of carboxylic acid groups (broad SMARTS) is 1. The molecule has 2 unspecified atom stereocenters. The number of hydroxylamine groups is 4. The number of aryl methyl sites for hydroxylation is 1. The zero-order valence-corrected chi connectivity index (χ0v) is 76.2. The van der Waals surface area contributed by atoms with E-state index in [0.717, 1.165) is 5.56 Å². The summed E-state index contributed by atoms with van der Waals surface area (Å²) >= 11 is 2.96. The van der Waals surface area contributed by atoms with Crippen LogP contribution in [0.5, 0.6) is 0 Å². The summed E-state index contributed by atoms with van der Waals surface area (Å²) in [7, 11) is -3.78. The number of benzene rings is 1. The van der Waals surface area contributed by atoms with Crippen molar-refractivity contribution in [2.45, 2.75) is 125 Å². The third-order valence-corrected chi connectivity index (χ3v) is 13.1. The fourth-order valence-electron chi connectivity index (χ4n) is 6.46. The number of carbonyl (C=O) groups excluding carboxylic acids is 9. The number of Topliss-reactive ketones (excluding diaryl/α,β-unsaturated/α-hetero) is 1. The smallest absolute Gasteiger partial charge is 0.870 e. The van der Waals surface area contributed by atoms with Crippen LogP contribution in [0.4, 0.5) is 0 Å². The van der Waals surface area contributed by atoms with Crippen LogP contribution in [0.3, 0.4) is 0 Å². The van der Waals surface area contributed by atoms with E-state index in [9.17, 15) is 56.4 Å². The van der Waals surface area contributed by atoms with E-state index in [1.54, 1.807) is 88.3 Å². The van der Waals surface area contributed by atoms with E-state index in [2.05, 4.69) is 60.3 Å². The Labute approximate surface area is 738 Å². The van der Waals surface area contributed by atoms with Gasteiger partial charge in [0.25, 0.3) is 33.7 Å². The number of alkyl halides is 1. The van der Waals surface area contributed by atoms with Crippen molar-refractivity contribution < 1.29 is 222 Å². The molecule has 0 aromatic heterocycles. The van der Waals surface area contributed by atoms with Crippen molar-refractivity contribution >= 4 is 85.3 Å². The summed E-state index contributed by atoms with van der Waals surface area (Å²) in [6.07, 6.45) is 0.168. The maximum Gasteiger partial charge on any atom is 1.00 e. The Hall–Kier alpha value is -6.49. The third-order valence-electron chi connectivity index (χ3n) is 11.0. The molecule has 3 rings (SSSR count). The standard InChI is InChI=1S/C17H26O7S.C11H16N4O6.C10H19N3O4.C10H20O5.C6H11N3O4.C5H7NO3.C4H10O3.C3H5BrO.N3.2Na.H2O/c1-14-5-7-15(8-6-14)25(19,20)23-12-11-21-9-10-22-13-16(18)24-17(2,3)4;1-8-6-9(16)15(11(8)18)21-10(17)7-20-5-4-19-3-2-13-14-12;1-10(2,3)17-9(14)8-16-7-6-15-5-4-12-13-11;1-10(2,3)15-9(12)8-14-7-6-13-5-4-11;7-9-8-1-2-12-3-4-13-5-6(10)11;1-3-2-4(7)6(9)5(3)8;5-1-3-7-4-2-6;1-3(5)2-4;1-3-2;;;/h5-8H,9-13H2,1-4H3;8H,2-7H2,1H3;4-8H2,1-3H3;11H,4-8H2,1-3H3;1-5H2,(H,10,11);3,9H,2H2,1H3;5-6H,1-4H2;2H2,1H3;;;;1H2/q;;;;;;;;-1;2*+1;/p-1. The molecule has 0 spiro atoms. The van der Waals surface area contributed by atoms with Gasteiger partial charge in [-0.3, -0.25) is 38.3 Å². The zero-order valence-electron chi connectivity index (χ0n) is 69.8. The maximum absolute atomic E-state index is 11.9. The number of aliphatic hydroxyl groups excluding tert-OH is 3. The van der Waals surface area contributed by atoms with Crippen molar-refractivity contribution in [2.75, 3.05) is 197 Å². The maximum atomic E-state index is 11.9. The molecule has 0 aliphatic carbocycles. The van der Waals surface area contributed by atoms with Crippen molar-refractivity contribution in [1.29, 1.82) is 0 Å². The summed E-state index contributed by atoms with van der Waals surface area (Å²) in [6.45, 7) is 27.0. The summed E-state index contributed by atoms with van der Waals surface area (Å²) in [5.41, 5.74) is 36.8. The van der Waals surface area contributed by atoms with Crippen LogP contribution >= 0.6 is 15.9 Å². The number of nitrogens with zero attached hydrogens (tertiary/aromatic N) is 14. The first-order valence-corrected chi connectivity index (χ1v) is 37.3. The fourth-order valence-corrected chi connectivity index (χ4v) is 7.36. The Morgan fingerprint density at radius 2 is 0.763 bits per heavy atom. The third kappa shape index (κ3) is 95.0. The van der Waals surface area contributed by atoms with Crippen LogP contribution in [0.1, 0.15) is 101 Å². The molecule has 2 aliphatic rings. The summed E-state index contributed by atoms with van der Waals surface area (Å²) in [6, 6.07) is 6.40. The van der Waals surface area contributed by atoms with Crippen LogP contribution < -0.4 is 59.1 Å². The molecule has 1 aromatic carbocycles. The van der Waals surface area contributed by atoms with Crippen molar-refractivity contribution in [3.8, 4) is 0 Å². The van der Waals surface area contributed by atoms with Gasteiger partial charge in [-0.2, -0.15) is 13.5 Å². The van der Waals surface area contributed by atoms with Crippen LogP contribution in [-0.2, 0) is 133 Å². The van der Waals surface area contributed by atoms with Gasteiger partial charge in [0.15, 0.2) is 0 Å². The summed E-state index contributed by atoms with van der Waals surface area (Å²) in [5, 5.41) is 52.3. The van der Waals surface area contributed by atoms with Gasteiger partial charge in [-0.05, 0) is 105 Å². The number of ether oxygens (including phenoxy) is 14. The summed E-state index contributed by atoms with van der Waals surface area (Å²) in [4.78, 5) is 123. The molecule has 2 saturated heterocycles. The van der Waals surface area contributed by atoms with Crippen LogP contribution in [0.15, 0.2) is 44.5 Å². The molecule has 4 amide bonds. The van der Waals surface area contributed by atoms with Crippen molar-refractivity contribution in [3.05, 3.63) is 77.1 Å². The Kier molecular flexibility index (Phi) is 93.9. The quantitative estimate of drug-likeness (QED) is 0.00452. The number of esters is 3. The van der Waals surface area contributed by atoms with Crippen molar-refractivity contribution in [2.24, 2.45) is 27.2 Å². The molecular weight excluding hydrogens is 1690 g/mol. The number of carboxylic acids is 1. The number of carbonyl (C=O) groups is 10. The van der Waals surface area contributed by atoms with Crippen LogP contribution in [0, 0.1) is 18.8 Å². The molecule has 2 fully saturated rings. The van der Waals surface area contributed by atoms with Gasteiger partial charge in [0.1, 0.15) is 55.6 Å². The van der Waals surface area contributed by atoms with Gasteiger partial charge in [-0.1, -0.05) is 62.8 Å². The molecule has 118 heavy (non-hydrogen) atoms. The van der Waals surface area contributed by atoms with Gasteiger partial charge in [0.2, 0.25) is 0 Å². The Morgan fingerprint density at radius 3 is 1.03 bits per heavy atom. The average Bonchev–Trinajstić information content (AvgIpc) is 0.978. The fraction of sp³-hybridized carbons (Fsp3) is 0.758. The zero-order chi connectivity index (χ0) is 89.0. The summed E-state index contributed by atoms with van der Waals surface area (Å²) in [5.74, 6) is -5.79. The molecule has 1 aromatic rings.